The molecule has 6 heteroatoms. The largest absolute Gasteiger partial charge is 0.339 e. The van der Waals surface area contributed by atoms with Crippen LogP contribution >= 0.6 is 39.1 Å². The van der Waals surface area contributed by atoms with Crippen molar-refractivity contribution >= 4 is 50.6 Å². The standard InChI is InChI=1S/C13H10BrCl2N3/c14-11-6-12(19-13(18-11)7-1-2-7)17-10-5-8(15)3-4-9(10)16/h3-7H,1-2H2,(H,17,18,19). The van der Waals surface area contributed by atoms with Gasteiger partial charge in [-0.25, -0.2) is 9.97 Å². The fourth-order valence-corrected chi connectivity index (χ4v) is 2.49. The number of benzene rings is 1. The van der Waals surface area contributed by atoms with E-state index in [0.717, 1.165) is 29.0 Å². The maximum Gasteiger partial charge on any atom is 0.135 e. The first-order chi connectivity index (χ1) is 9.11. The van der Waals surface area contributed by atoms with E-state index in [1.165, 1.54) is 0 Å². The number of hydrogen-bond acceptors (Lipinski definition) is 3. The maximum atomic E-state index is 6.12. The van der Waals surface area contributed by atoms with Gasteiger partial charge in [0.25, 0.3) is 0 Å². The van der Waals surface area contributed by atoms with E-state index in [0.29, 0.717) is 21.8 Å². The molecule has 1 aromatic carbocycles. The third-order valence-electron chi connectivity index (χ3n) is 2.85. The lowest BCUT2D eigenvalue weighted by atomic mass is 10.3. The Morgan fingerprint density at radius 1 is 1.16 bits per heavy atom. The lowest BCUT2D eigenvalue weighted by Gasteiger charge is -2.09. The monoisotopic (exact) mass is 357 g/mol. The zero-order valence-electron chi connectivity index (χ0n) is 9.83. The number of anilines is 2. The Hall–Kier alpha value is -0.840. The summed E-state index contributed by atoms with van der Waals surface area (Å²) in [6.45, 7) is 0. The molecule has 1 heterocycles. The molecule has 1 aliphatic carbocycles. The van der Waals surface area contributed by atoms with Crippen LogP contribution in [0.5, 0.6) is 0 Å². The summed E-state index contributed by atoms with van der Waals surface area (Å²) in [6, 6.07) is 7.10. The van der Waals surface area contributed by atoms with Gasteiger partial charge in [0.05, 0.1) is 10.7 Å². The zero-order valence-corrected chi connectivity index (χ0v) is 12.9. The van der Waals surface area contributed by atoms with Crippen molar-refractivity contribution in [2.24, 2.45) is 0 Å². The Morgan fingerprint density at radius 3 is 2.68 bits per heavy atom. The van der Waals surface area contributed by atoms with Gasteiger partial charge in [0.1, 0.15) is 16.2 Å². The molecule has 0 saturated heterocycles. The average Bonchev–Trinajstić information content (AvgIpc) is 3.17. The number of nitrogens with zero attached hydrogens (tertiary/aromatic N) is 2. The number of rotatable bonds is 3. The van der Waals surface area contributed by atoms with E-state index in [2.05, 4.69) is 31.2 Å². The van der Waals surface area contributed by atoms with Gasteiger partial charge in [0.2, 0.25) is 0 Å². The highest BCUT2D eigenvalue weighted by Crippen LogP contribution is 2.39. The van der Waals surface area contributed by atoms with Gasteiger partial charge in [-0.2, -0.15) is 0 Å². The normalized spacial score (nSPS) is 14.5. The molecule has 19 heavy (non-hydrogen) atoms. The maximum absolute atomic E-state index is 6.12. The average molecular weight is 359 g/mol. The second-order valence-electron chi connectivity index (χ2n) is 4.46. The van der Waals surface area contributed by atoms with Crippen LogP contribution in [0.4, 0.5) is 11.5 Å². The smallest absolute Gasteiger partial charge is 0.135 e. The van der Waals surface area contributed by atoms with Gasteiger partial charge in [-0.05, 0) is 47.0 Å². The molecule has 0 unspecified atom stereocenters. The highest BCUT2D eigenvalue weighted by Gasteiger charge is 2.27. The van der Waals surface area contributed by atoms with Crippen molar-refractivity contribution < 1.29 is 0 Å². The molecule has 1 aromatic heterocycles. The van der Waals surface area contributed by atoms with Crippen molar-refractivity contribution in [1.82, 2.24) is 9.97 Å². The van der Waals surface area contributed by atoms with Gasteiger partial charge >= 0.3 is 0 Å². The van der Waals surface area contributed by atoms with Crippen LogP contribution < -0.4 is 5.32 Å². The second kappa shape index (κ2) is 5.27. The van der Waals surface area contributed by atoms with E-state index < -0.39 is 0 Å². The van der Waals surface area contributed by atoms with Crippen LogP contribution in [0.2, 0.25) is 10.0 Å². The molecule has 3 nitrogen and oxygen atoms in total. The highest BCUT2D eigenvalue weighted by atomic mass is 79.9. The minimum absolute atomic E-state index is 0.493. The Kier molecular flexibility index (Phi) is 3.65. The molecule has 3 rings (SSSR count). The van der Waals surface area contributed by atoms with E-state index in [4.69, 9.17) is 23.2 Å². The minimum atomic E-state index is 0.493. The number of hydrogen-bond donors (Lipinski definition) is 1. The van der Waals surface area contributed by atoms with Crippen molar-refractivity contribution in [3.63, 3.8) is 0 Å². The van der Waals surface area contributed by atoms with Gasteiger partial charge in [0, 0.05) is 17.0 Å². The fourth-order valence-electron chi connectivity index (χ4n) is 1.75. The molecule has 0 atom stereocenters. The minimum Gasteiger partial charge on any atom is -0.339 e. The topological polar surface area (TPSA) is 37.8 Å². The number of halogens is 3. The van der Waals surface area contributed by atoms with Crippen LogP contribution in [-0.4, -0.2) is 9.97 Å². The van der Waals surface area contributed by atoms with Crippen molar-refractivity contribution in [3.05, 3.63) is 44.7 Å². The summed E-state index contributed by atoms with van der Waals surface area (Å²) in [5, 5.41) is 4.41. The predicted octanol–water partition coefficient (Wildman–Crippen LogP) is 5.17. The third kappa shape index (κ3) is 3.19. The van der Waals surface area contributed by atoms with E-state index in [1.54, 1.807) is 18.2 Å². The zero-order chi connectivity index (χ0) is 13.4. The molecule has 1 aliphatic rings. The lowest BCUT2D eigenvalue weighted by Crippen LogP contribution is -2.00. The molecule has 0 radical (unpaired) electrons. The van der Waals surface area contributed by atoms with E-state index in [1.807, 2.05) is 6.07 Å². The summed E-state index contributed by atoms with van der Waals surface area (Å²) in [7, 11) is 0. The van der Waals surface area contributed by atoms with Crippen LogP contribution in [0.25, 0.3) is 0 Å². The molecule has 0 amide bonds. The summed E-state index contributed by atoms with van der Waals surface area (Å²) in [5.74, 6) is 2.08. The van der Waals surface area contributed by atoms with Crippen molar-refractivity contribution in [2.75, 3.05) is 5.32 Å². The molecule has 1 fully saturated rings. The first kappa shape index (κ1) is 13.2. The molecule has 1 saturated carbocycles. The first-order valence-electron chi connectivity index (χ1n) is 5.88. The van der Waals surface area contributed by atoms with Crippen LogP contribution in [0.3, 0.4) is 0 Å². The SMILES string of the molecule is Clc1ccc(Cl)c(Nc2cc(Br)nc(C3CC3)n2)c1. The molecular formula is C13H10BrCl2N3. The number of aromatic nitrogens is 2. The van der Waals surface area contributed by atoms with Gasteiger partial charge < -0.3 is 5.32 Å². The Balaban J connectivity index is 1.92. The van der Waals surface area contributed by atoms with Crippen LogP contribution in [-0.2, 0) is 0 Å². The van der Waals surface area contributed by atoms with Crippen molar-refractivity contribution in [3.8, 4) is 0 Å². The van der Waals surface area contributed by atoms with Crippen LogP contribution in [0.1, 0.15) is 24.6 Å². The van der Waals surface area contributed by atoms with Crippen LogP contribution in [0, 0.1) is 0 Å². The summed E-state index contributed by atoms with van der Waals surface area (Å²) >= 11 is 15.5. The summed E-state index contributed by atoms with van der Waals surface area (Å²) in [5.41, 5.74) is 0.738. The summed E-state index contributed by atoms with van der Waals surface area (Å²) in [4.78, 5) is 8.89. The van der Waals surface area contributed by atoms with E-state index >= 15 is 0 Å². The molecule has 0 bridgehead atoms. The number of nitrogens with one attached hydrogen (secondary N) is 1. The van der Waals surface area contributed by atoms with E-state index in [-0.39, 0.29) is 0 Å². The van der Waals surface area contributed by atoms with Gasteiger partial charge in [0.15, 0.2) is 0 Å². The first-order valence-corrected chi connectivity index (χ1v) is 7.43. The molecular weight excluding hydrogens is 349 g/mol. The Bertz CT molecular complexity index is 629. The van der Waals surface area contributed by atoms with Crippen LogP contribution in [0.15, 0.2) is 28.9 Å². The van der Waals surface area contributed by atoms with Gasteiger partial charge in [-0.15, -0.1) is 0 Å². The fraction of sp³-hybridized carbons (Fsp3) is 0.231. The van der Waals surface area contributed by atoms with Crippen molar-refractivity contribution in [1.29, 1.82) is 0 Å². The van der Waals surface area contributed by atoms with Crippen molar-refractivity contribution in [2.45, 2.75) is 18.8 Å². The predicted molar refractivity (Wildman–Crippen MR) is 81.5 cm³/mol. The third-order valence-corrected chi connectivity index (χ3v) is 3.82. The molecule has 98 valence electrons. The molecule has 1 N–H and O–H groups in total. The lowest BCUT2D eigenvalue weighted by molar-refractivity contribution is 0.919. The summed E-state index contributed by atoms with van der Waals surface area (Å²) in [6.07, 6.45) is 2.32. The van der Waals surface area contributed by atoms with E-state index in [9.17, 15) is 0 Å². The Morgan fingerprint density at radius 2 is 1.95 bits per heavy atom. The Labute approximate surface area is 129 Å². The molecule has 0 spiro atoms. The summed E-state index contributed by atoms with van der Waals surface area (Å²) < 4.78 is 0.769. The highest BCUT2D eigenvalue weighted by molar-refractivity contribution is 9.10. The van der Waals surface area contributed by atoms with Gasteiger partial charge in [-0.3, -0.25) is 0 Å². The molecule has 2 aromatic rings. The quantitative estimate of drug-likeness (QED) is 0.769. The second-order valence-corrected chi connectivity index (χ2v) is 6.11. The molecule has 0 aliphatic heterocycles. The van der Waals surface area contributed by atoms with Gasteiger partial charge in [-0.1, -0.05) is 23.2 Å².